The lowest BCUT2D eigenvalue weighted by Crippen LogP contribution is -2.04. The highest BCUT2D eigenvalue weighted by molar-refractivity contribution is 6.01. The van der Waals surface area contributed by atoms with Crippen LogP contribution in [0.2, 0.25) is 0 Å². The van der Waals surface area contributed by atoms with E-state index in [1.54, 1.807) is 13.3 Å². The Kier molecular flexibility index (Phi) is 3.65. The van der Waals surface area contributed by atoms with E-state index >= 15 is 0 Å². The number of nitrogens with zero attached hydrogens (tertiary/aromatic N) is 1. The van der Waals surface area contributed by atoms with E-state index in [1.807, 2.05) is 54.6 Å². The van der Waals surface area contributed by atoms with Crippen molar-refractivity contribution in [1.82, 2.24) is 4.98 Å². The van der Waals surface area contributed by atoms with Crippen molar-refractivity contribution in [3.63, 3.8) is 0 Å². The molecule has 2 aromatic carbocycles. The van der Waals surface area contributed by atoms with Gasteiger partial charge in [0, 0.05) is 17.5 Å². The van der Waals surface area contributed by atoms with E-state index in [1.165, 1.54) is 0 Å². The van der Waals surface area contributed by atoms with Gasteiger partial charge in [-0.3, -0.25) is 9.78 Å². The number of carbonyl (C=O) groups excluding carboxylic acids is 1. The number of fused-ring (bicyclic) bond motifs is 1. The molecule has 0 aliphatic heterocycles. The van der Waals surface area contributed by atoms with Crippen LogP contribution in [0.15, 0.2) is 60.8 Å². The minimum atomic E-state index is 0.0754. The van der Waals surface area contributed by atoms with Crippen LogP contribution in [0, 0.1) is 0 Å². The number of rotatable bonds is 4. The van der Waals surface area contributed by atoms with E-state index in [4.69, 9.17) is 4.74 Å². The van der Waals surface area contributed by atoms with E-state index < -0.39 is 0 Å². The van der Waals surface area contributed by atoms with Crippen LogP contribution in [0.1, 0.15) is 16.1 Å². The molecule has 0 saturated carbocycles. The van der Waals surface area contributed by atoms with Crippen molar-refractivity contribution in [1.29, 1.82) is 0 Å². The maximum absolute atomic E-state index is 12.3. The van der Waals surface area contributed by atoms with Crippen molar-refractivity contribution in [2.75, 3.05) is 7.11 Å². The van der Waals surface area contributed by atoms with Crippen LogP contribution in [0.5, 0.6) is 5.75 Å². The minimum Gasteiger partial charge on any atom is -0.497 e. The highest BCUT2D eigenvalue weighted by atomic mass is 16.5. The van der Waals surface area contributed by atoms with Gasteiger partial charge in [-0.15, -0.1) is 0 Å². The van der Waals surface area contributed by atoms with Gasteiger partial charge in [0.1, 0.15) is 5.75 Å². The first-order valence-corrected chi connectivity index (χ1v) is 6.77. The number of aromatic nitrogens is 1. The van der Waals surface area contributed by atoms with Crippen molar-refractivity contribution in [2.24, 2.45) is 0 Å². The predicted molar refractivity (Wildman–Crippen MR) is 82.8 cm³/mol. The molecule has 0 amide bonds. The Morgan fingerprint density at radius 3 is 2.62 bits per heavy atom. The fraction of sp³-hybridized carbons (Fsp3) is 0.111. The first kappa shape index (κ1) is 13.3. The van der Waals surface area contributed by atoms with E-state index in [0.29, 0.717) is 12.0 Å². The average Bonchev–Trinajstić information content (AvgIpc) is 2.54. The zero-order chi connectivity index (χ0) is 14.7. The second-order valence-corrected chi connectivity index (χ2v) is 4.85. The molecule has 0 spiro atoms. The Balaban J connectivity index is 1.88. The van der Waals surface area contributed by atoms with Crippen molar-refractivity contribution in [3.05, 3.63) is 72.1 Å². The maximum atomic E-state index is 12.3. The van der Waals surface area contributed by atoms with Crippen molar-refractivity contribution < 1.29 is 9.53 Å². The molecule has 21 heavy (non-hydrogen) atoms. The van der Waals surface area contributed by atoms with Crippen LogP contribution in [0.25, 0.3) is 10.8 Å². The summed E-state index contributed by atoms with van der Waals surface area (Å²) in [6.45, 7) is 0. The Hall–Kier alpha value is -2.68. The third-order valence-corrected chi connectivity index (χ3v) is 3.44. The molecule has 3 aromatic rings. The molecule has 3 nitrogen and oxygen atoms in total. The normalized spacial score (nSPS) is 10.5. The first-order valence-electron chi connectivity index (χ1n) is 6.77. The van der Waals surface area contributed by atoms with Gasteiger partial charge < -0.3 is 4.74 Å². The van der Waals surface area contributed by atoms with Gasteiger partial charge >= 0.3 is 0 Å². The molecule has 3 heteroatoms. The molecule has 0 radical (unpaired) electrons. The summed E-state index contributed by atoms with van der Waals surface area (Å²) in [5.41, 5.74) is 1.50. The summed E-state index contributed by atoms with van der Waals surface area (Å²) < 4.78 is 5.20. The summed E-state index contributed by atoms with van der Waals surface area (Å²) in [4.78, 5) is 16.5. The molecule has 0 aliphatic carbocycles. The van der Waals surface area contributed by atoms with Gasteiger partial charge in [-0.25, -0.2) is 0 Å². The summed E-state index contributed by atoms with van der Waals surface area (Å²) in [5.74, 6) is 0.890. The smallest absolute Gasteiger partial charge is 0.168 e. The fourth-order valence-corrected chi connectivity index (χ4v) is 2.29. The second-order valence-electron chi connectivity index (χ2n) is 4.85. The molecule has 0 bridgehead atoms. The molecule has 0 N–H and O–H groups in total. The lowest BCUT2D eigenvalue weighted by Gasteiger charge is -2.05. The molecule has 0 aliphatic rings. The predicted octanol–water partition coefficient (Wildman–Crippen LogP) is 3.67. The van der Waals surface area contributed by atoms with Crippen LogP contribution >= 0.6 is 0 Å². The molecule has 0 atom stereocenters. The zero-order valence-corrected chi connectivity index (χ0v) is 11.7. The molecule has 1 heterocycles. The maximum Gasteiger partial charge on any atom is 0.168 e. The lowest BCUT2D eigenvalue weighted by molar-refractivity contribution is 0.0992. The molecular formula is C18H15NO2. The number of carbonyl (C=O) groups is 1. The number of hydrogen-bond donors (Lipinski definition) is 0. The van der Waals surface area contributed by atoms with Gasteiger partial charge in [0.05, 0.1) is 13.5 Å². The summed E-state index contributed by atoms with van der Waals surface area (Å²) in [5, 5.41) is 2.09. The standard InChI is InChI=1S/C18H15NO2/c1-21-17-8-7-13-10-15(6-5-14(13)11-17)18(20)12-16-4-2-3-9-19-16/h2-11H,12H2,1H3. The molecular weight excluding hydrogens is 262 g/mol. The van der Waals surface area contributed by atoms with E-state index in [9.17, 15) is 4.79 Å². The highest BCUT2D eigenvalue weighted by Crippen LogP contribution is 2.22. The zero-order valence-electron chi connectivity index (χ0n) is 11.7. The van der Waals surface area contributed by atoms with E-state index in [2.05, 4.69) is 4.98 Å². The van der Waals surface area contributed by atoms with E-state index in [-0.39, 0.29) is 5.78 Å². The van der Waals surface area contributed by atoms with Crippen molar-refractivity contribution in [3.8, 4) is 5.75 Å². The monoisotopic (exact) mass is 277 g/mol. The second kappa shape index (κ2) is 5.75. The van der Waals surface area contributed by atoms with Gasteiger partial charge in [-0.05, 0) is 41.1 Å². The number of methoxy groups -OCH3 is 1. The molecule has 0 saturated heterocycles. The number of hydrogen-bond acceptors (Lipinski definition) is 3. The number of ketones is 1. The highest BCUT2D eigenvalue weighted by Gasteiger charge is 2.08. The molecule has 1 aromatic heterocycles. The number of benzene rings is 2. The molecule has 3 rings (SSSR count). The summed E-state index contributed by atoms with van der Waals surface area (Å²) in [6, 6.07) is 17.1. The average molecular weight is 277 g/mol. The van der Waals surface area contributed by atoms with Crippen LogP contribution < -0.4 is 4.74 Å². The Bertz CT molecular complexity index is 782. The lowest BCUT2D eigenvalue weighted by atomic mass is 10.0. The van der Waals surface area contributed by atoms with Gasteiger partial charge in [-0.2, -0.15) is 0 Å². The topological polar surface area (TPSA) is 39.2 Å². The van der Waals surface area contributed by atoms with Crippen molar-refractivity contribution >= 4 is 16.6 Å². The summed E-state index contributed by atoms with van der Waals surface area (Å²) >= 11 is 0. The summed E-state index contributed by atoms with van der Waals surface area (Å²) in [6.07, 6.45) is 2.03. The first-order chi connectivity index (χ1) is 10.3. The number of pyridine rings is 1. The SMILES string of the molecule is COc1ccc2cc(C(=O)Cc3ccccn3)ccc2c1. The van der Waals surface area contributed by atoms with Gasteiger partial charge in [-0.1, -0.05) is 24.3 Å². The van der Waals surface area contributed by atoms with Gasteiger partial charge in [0.2, 0.25) is 0 Å². The summed E-state index contributed by atoms with van der Waals surface area (Å²) in [7, 11) is 1.64. The number of Topliss-reactive ketones (excluding diaryl/α,β-unsaturated/α-hetero) is 1. The molecule has 104 valence electrons. The largest absolute Gasteiger partial charge is 0.497 e. The van der Waals surface area contributed by atoms with Crippen LogP contribution in [-0.4, -0.2) is 17.9 Å². The third-order valence-electron chi connectivity index (χ3n) is 3.44. The van der Waals surface area contributed by atoms with E-state index in [0.717, 1.165) is 22.2 Å². The van der Waals surface area contributed by atoms with Gasteiger partial charge in [0.15, 0.2) is 5.78 Å². The van der Waals surface area contributed by atoms with Crippen molar-refractivity contribution in [2.45, 2.75) is 6.42 Å². The Labute approximate surface area is 123 Å². The molecule has 0 unspecified atom stereocenters. The van der Waals surface area contributed by atoms with Gasteiger partial charge in [0.25, 0.3) is 0 Å². The molecule has 0 fully saturated rings. The van der Waals surface area contributed by atoms with Crippen LogP contribution in [-0.2, 0) is 6.42 Å². The Morgan fingerprint density at radius 2 is 1.86 bits per heavy atom. The fourth-order valence-electron chi connectivity index (χ4n) is 2.29. The van der Waals surface area contributed by atoms with Crippen LogP contribution in [0.3, 0.4) is 0 Å². The quantitative estimate of drug-likeness (QED) is 0.683. The third kappa shape index (κ3) is 2.92. The Morgan fingerprint density at radius 1 is 1.05 bits per heavy atom. The minimum absolute atomic E-state index is 0.0754. The van der Waals surface area contributed by atoms with Crippen LogP contribution in [0.4, 0.5) is 0 Å². The number of ether oxygens (including phenoxy) is 1.